The van der Waals surface area contributed by atoms with E-state index in [4.69, 9.17) is 0 Å². The number of amides is 1. The highest BCUT2D eigenvalue weighted by Crippen LogP contribution is 2.26. The van der Waals surface area contributed by atoms with E-state index in [2.05, 4.69) is 20.5 Å². The Morgan fingerprint density at radius 3 is 2.50 bits per heavy atom. The molecular formula is C23H25FN6O2. The van der Waals surface area contributed by atoms with Crippen molar-refractivity contribution < 1.29 is 9.18 Å². The summed E-state index contributed by atoms with van der Waals surface area (Å²) in [6.45, 7) is 9.73. The van der Waals surface area contributed by atoms with Gasteiger partial charge in [0.1, 0.15) is 11.6 Å². The molecule has 0 spiro atoms. The molecule has 0 fully saturated rings. The smallest absolute Gasteiger partial charge is 0.266 e. The van der Waals surface area contributed by atoms with Crippen LogP contribution in [0.1, 0.15) is 43.4 Å². The van der Waals surface area contributed by atoms with Crippen molar-refractivity contribution in [2.24, 2.45) is 0 Å². The molecule has 0 unspecified atom stereocenters. The van der Waals surface area contributed by atoms with E-state index in [0.29, 0.717) is 22.8 Å². The number of aromatic nitrogens is 5. The number of H-pyrrole nitrogens is 1. The van der Waals surface area contributed by atoms with Gasteiger partial charge in [-0.25, -0.2) is 18.6 Å². The van der Waals surface area contributed by atoms with Gasteiger partial charge in [-0.2, -0.15) is 5.10 Å². The summed E-state index contributed by atoms with van der Waals surface area (Å²) in [6.07, 6.45) is 0.0697. The molecule has 8 nitrogen and oxygen atoms in total. The highest BCUT2D eigenvalue weighted by Gasteiger charge is 2.22. The second-order valence-electron chi connectivity index (χ2n) is 8.85. The molecule has 0 saturated carbocycles. The summed E-state index contributed by atoms with van der Waals surface area (Å²) in [5.41, 5.74) is 3.60. The summed E-state index contributed by atoms with van der Waals surface area (Å²) in [6, 6.07) is 9.17. The Bertz CT molecular complexity index is 1370. The van der Waals surface area contributed by atoms with Gasteiger partial charge >= 0.3 is 0 Å². The number of aryl methyl sites for hydroxylation is 2. The van der Waals surface area contributed by atoms with Crippen LogP contribution in [0.15, 0.2) is 41.2 Å². The first-order chi connectivity index (χ1) is 15.0. The van der Waals surface area contributed by atoms with Gasteiger partial charge in [-0.1, -0.05) is 20.8 Å². The van der Waals surface area contributed by atoms with E-state index in [0.717, 1.165) is 17.0 Å². The van der Waals surface area contributed by atoms with Gasteiger partial charge in [0.2, 0.25) is 5.91 Å². The molecule has 0 radical (unpaired) electrons. The molecule has 32 heavy (non-hydrogen) atoms. The van der Waals surface area contributed by atoms with E-state index in [9.17, 15) is 14.0 Å². The molecule has 0 aliphatic heterocycles. The van der Waals surface area contributed by atoms with Crippen LogP contribution < -0.4 is 10.9 Å². The fourth-order valence-electron chi connectivity index (χ4n) is 3.57. The number of nitrogens with one attached hydrogen (secondary N) is 2. The van der Waals surface area contributed by atoms with Crippen LogP contribution in [0.25, 0.3) is 11.3 Å². The molecule has 0 atom stereocenters. The number of fused-ring (bicyclic) bond motifs is 1. The van der Waals surface area contributed by atoms with Gasteiger partial charge in [-0.3, -0.25) is 14.7 Å². The predicted octanol–water partition coefficient (Wildman–Crippen LogP) is 3.44. The van der Waals surface area contributed by atoms with Gasteiger partial charge in [-0.05, 0) is 38.1 Å². The maximum atomic E-state index is 13.4. The van der Waals surface area contributed by atoms with Crippen LogP contribution in [0.2, 0.25) is 0 Å². The Morgan fingerprint density at radius 2 is 1.84 bits per heavy atom. The molecule has 4 aromatic rings. The predicted molar refractivity (Wildman–Crippen MR) is 120 cm³/mol. The zero-order valence-corrected chi connectivity index (χ0v) is 18.7. The maximum absolute atomic E-state index is 13.4. The van der Waals surface area contributed by atoms with E-state index < -0.39 is 0 Å². The minimum absolute atomic E-state index is 0.0697. The van der Waals surface area contributed by atoms with Crippen LogP contribution in [-0.4, -0.2) is 30.3 Å². The quantitative estimate of drug-likeness (QED) is 0.512. The van der Waals surface area contributed by atoms with Gasteiger partial charge in [-0.15, -0.1) is 0 Å². The van der Waals surface area contributed by atoms with Crippen molar-refractivity contribution in [3.63, 3.8) is 0 Å². The van der Waals surface area contributed by atoms with Crippen LogP contribution in [-0.2, 0) is 16.6 Å². The maximum Gasteiger partial charge on any atom is 0.266 e. The van der Waals surface area contributed by atoms with Crippen LogP contribution in [0.5, 0.6) is 0 Å². The first-order valence-electron chi connectivity index (χ1n) is 10.3. The van der Waals surface area contributed by atoms with Crippen molar-refractivity contribution in [2.45, 2.75) is 46.5 Å². The van der Waals surface area contributed by atoms with Gasteiger partial charge < -0.3 is 5.32 Å². The van der Waals surface area contributed by atoms with Crippen LogP contribution in [0.4, 0.5) is 10.2 Å². The molecule has 1 aromatic carbocycles. The van der Waals surface area contributed by atoms with Gasteiger partial charge in [0.25, 0.3) is 5.56 Å². The topological polar surface area (TPSA) is 97.1 Å². The monoisotopic (exact) mass is 436 g/mol. The lowest BCUT2D eigenvalue weighted by Crippen LogP contribution is -2.19. The third kappa shape index (κ3) is 4.05. The summed E-state index contributed by atoms with van der Waals surface area (Å²) < 4.78 is 16.6. The van der Waals surface area contributed by atoms with E-state index in [-0.39, 0.29) is 29.1 Å². The van der Waals surface area contributed by atoms with Crippen molar-refractivity contribution in [3.05, 3.63) is 75.2 Å². The summed E-state index contributed by atoms with van der Waals surface area (Å²) >= 11 is 0. The van der Waals surface area contributed by atoms with Crippen molar-refractivity contribution in [1.29, 1.82) is 0 Å². The lowest BCUT2D eigenvalue weighted by atomic mass is 9.92. The molecule has 166 valence electrons. The fraction of sp³-hybridized carbons (Fsp3) is 0.304. The first kappa shape index (κ1) is 21.5. The molecule has 0 aliphatic carbocycles. The number of hydrogen-bond donors (Lipinski definition) is 2. The highest BCUT2D eigenvalue weighted by atomic mass is 19.1. The SMILES string of the molecule is Cc1nc2cc(=O)[nH]n2c(C)c1CC(=O)Nc1cc(C(C)(C)C)nn1-c1ccc(F)cc1. The summed E-state index contributed by atoms with van der Waals surface area (Å²) in [4.78, 5) is 29.1. The Morgan fingerprint density at radius 1 is 1.16 bits per heavy atom. The second-order valence-corrected chi connectivity index (χ2v) is 8.85. The number of carbonyl (C=O) groups excluding carboxylic acids is 1. The highest BCUT2D eigenvalue weighted by molar-refractivity contribution is 5.92. The third-order valence-corrected chi connectivity index (χ3v) is 5.36. The number of aromatic amines is 1. The zero-order chi connectivity index (χ0) is 23.2. The van der Waals surface area contributed by atoms with Gasteiger partial charge in [0.05, 0.1) is 17.8 Å². The molecule has 0 aliphatic rings. The standard InChI is InChI=1S/C23H25FN6O2/c1-13-17(14(2)29-20(25-13)12-22(32)28-29)10-21(31)26-19-11-18(23(3,4)5)27-30(19)16-8-6-15(24)7-9-16/h6-9,11-12H,10H2,1-5H3,(H,26,31)(H,28,32). The molecule has 0 bridgehead atoms. The largest absolute Gasteiger partial charge is 0.310 e. The molecule has 3 aromatic heterocycles. The number of carbonyl (C=O) groups is 1. The number of benzene rings is 1. The molecule has 2 N–H and O–H groups in total. The summed E-state index contributed by atoms with van der Waals surface area (Å²) in [7, 11) is 0. The molecule has 9 heteroatoms. The number of hydrogen-bond acceptors (Lipinski definition) is 4. The zero-order valence-electron chi connectivity index (χ0n) is 18.7. The number of anilines is 1. The van der Waals surface area contributed by atoms with Crippen LogP contribution in [0, 0.1) is 19.7 Å². The normalized spacial score (nSPS) is 11.8. The van der Waals surface area contributed by atoms with E-state index in [1.165, 1.54) is 18.2 Å². The average Bonchev–Trinajstić information content (AvgIpc) is 3.29. The fourth-order valence-corrected chi connectivity index (χ4v) is 3.57. The molecule has 1 amide bonds. The molecule has 0 saturated heterocycles. The van der Waals surface area contributed by atoms with Crippen LogP contribution in [0.3, 0.4) is 0 Å². The Kier molecular flexibility index (Phi) is 5.20. The van der Waals surface area contributed by atoms with E-state index in [1.807, 2.05) is 40.7 Å². The first-order valence-corrected chi connectivity index (χ1v) is 10.3. The minimum Gasteiger partial charge on any atom is -0.310 e. The second kappa shape index (κ2) is 7.74. The number of halogens is 1. The Balaban J connectivity index is 1.67. The van der Waals surface area contributed by atoms with Crippen molar-refractivity contribution in [2.75, 3.05) is 5.32 Å². The van der Waals surface area contributed by atoms with Crippen molar-refractivity contribution >= 4 is 17.4 Å². The Labute approximate surface area is 184 Å². The number of rotatable bonds is 4. The Hall–Kier alpha value is -3.75. The summed E-state index contributed by atoms with van der Waals surface area (Å²) in [5, 5.41) is 10.3. The van der Waals surface area contributed by atoms with Gasteiger partial charge in [0.15, 0.2) is 5.65 Å². The van der Waals surface area contributed by atoms with Crippen molar-refractivity contribution in [3.8, 4) is 5.69 Å². The average molecular weight is 436 g/mol. The van der Waals surface area contributed by atoms with Crippen molar-refractivity contribution in [1.82, 2.24) is 24.4 Å². The van der Waals surface area contributed by atoms with E-state index >= 15 is 0 Å². The molecule has 3 heterocycles. The lowest BCUT2D eigenvalue weighted by molar-refractivity contribution is -0.115. The minimum atomic E-state index is -0.348. The third-order valence-electron chi connectivity index (χ3n) is 5.36. The number of nitrogens with zero attached hydrogens (tertiary/aromatic N) is 4. The molecular weight excluding hydrogens is 411 g/mol. The van der Waals surface area contributed by atoms with Crippen LogP contribution >= 0.6 is 0 Å². The van der Waals surface area contributed by atoms with Gasteiger partial charge in [0, 0.05) is 34.5 Å². The molecule has 4 rings (SSSR count). The van der Waals surface area contributed by atoms with E-state index in [1.54, 1.807) is 21.3 Å². The summed E-state index contributed by atoms with van der Waals surface area (Å²) in [5.74, 6) is -0.111. The lowest BCUT2D eigenvalue weighted by Gasteiger charge is -2.14.